The van der Waals surface area contributed by atoms with E-state index in [2.05, 4.69) is 22.5 Å². The summed E-state index contributed by atoms with van der Waals surface area (Å²) in [5.74, 6) is 1.08. The largest absolute Gasteiger partial charge is 0.381 e. The Kier molecular flexibility index (Phi) is 6.26. The first-order chi connectivity index (χ1) is 10.2. The smallest absolute Gasteiger partial charge is 0.252 e. The number of pyridine rings is 1. The summed E-state index contributed by atoms with van der Waals surface area (Å²) >= 11 is 6.06. The number of nitrogens with one attached hydrogen (secondary N) is 2. The van der Waals surface area contributed by atoms with Gasteiger partial charge in [0.15, 0.2) is 0 Å². The second-order valence-electron chi connectivity index (χ2n) is 5.25. The molecule has 0 aromatic carbocycles. The van der Waals surface area contributed by atoms with Crippen molar-refractivity contribution in [3.05, 3.63) is 22.8 Å². The number of ether oxygens (including phenoxy) is 1. The quantitative estimate of drug-likeness (QED) is 0.812. The van der Waals surface area contributed by atoms with Gasteiger partial charge in [-0.1, -0.05) is 18.5 Å². The maximum Gasteiger partial charge on any atom is 0.252 e. The van der Waals surface area contributed by atoms with Crippen molar-refractivity contribution in [2.45, 2.75) is 26.2 Å². The fourth-order valence-corrected chi connectivity index (χ4v) is 2.45. The Morgan fingerprint density at radius 1 is 1.52 bits per heavy atom. The lowest BCUT2D eigenvalue weighted by atomic mass is 10.1. The third-order valence-corrected chi connectivity index (χ3v) is 3.82. The Labute approximate surface area is 130 Å². The van der Waals surface area contributed by atoms with Crippen molar-refractivity contribution < 1.29 is 9.53 Å². The fourth-order valence-electron chi connectivity index (χ4n) is 2.26. The first-order valence-corrected chi connectivity index (χ1v) is 7.84. The lowest BCUT2D eigenvalue weighted by Gasteiger charge is -2.11. The highest BCUT2D eigenvalue weighted by Crippen LogP contribution is 2.19. The van der Waals surface area contributed by atoms with Gasteiger partial charge in [-0.3, -0.25) is 4.79 Å². The molecule has 6 heteroatoms. The maximum absolute atomic E-state index is 12.2. The van der Waals surface area contributed by atoms with Crippen molar-refractivity contribution in [2.75, 3.05) is 31.6 Å². The average Bonchev–Trinajstić information content (AvgIpc) is 2.99. The standard InChI is InChI=1S/C15H22ClN3O2/c1-2-5-17-14-8-12(13(16)9-19-14)15(20)18-6-3-11-4-7-21-10-11/h8-9,11H,2-7,10H2,1H3,(H,17,19)(H,18,20). The number of amides is 1. The molecule has 1 fully saturated rings. The summed E-state index contributed by atoms with van der Waals surface area (Å²) in [5.41, 5.74) is 0.466. The van der Waals surface area contributed by atoms with E-state index in [1.165, 1.54) is 6.20 Å². The summed E-state index contributed by atoms with van der Waals surface area (Å²) < 4.78 is 5.32. The molecule has 0 saturated carbocycles. The lowest BCUT2D eigenvalue weighted by molar-refractivity contribution is 0.0950. The molecule has 2 heterocycles. The van der Waals surface area contributed by atoms with E-state index < -0.39 is 0 Å². The average molecular weight is 312 g/mol. The number of halogens is 1. The highest BCUT2D eigenvalue weighted by atomic mass is 35.5. The van der Waals surface area contributed by atoms with Gasteiger partial charge in [0, 0.05) is 32.5 Å². The molecule has 1 aromatic heterocycles. The summed E-state index contributed by atoms with van der Waals surface area (Å²) in [5, 5.41) is 6.44. The molecule has 1 aromatic rings. The van der Waals surface area contributed by atoms with Crippen LogP contribution in [0.5, 0.6) is 0 Å². The highest BCUT2D eigenvalue weighted by molar-refractivity contribution is 6.33. The van der Waals surface area contributed by atoms with Crippen LogP contribution >= 0.6 is 11.6 Å². The number of hydrogen-bond donors (Lipinski definition) is 2. The molecular weight excluding hydrogens is 290 g/mol. The van der Waals surface area contributed by atoms with Gasteiger partial charge < -0.3 is 15.4 Å². The number of carbonyl (C=O) groups excluding carboxylic acids is 1. The van der Waals surface area contributed by atoms with Gasteiger partial charge in [0.2, 0.25) is 0 Å². The molecule has 0 radical (unpaired) electrons. The van der Waals surface area contributed by atoms with Crippen LogP contribution in [-0.4, -0.2) is 37.2 Å². The van der Waals surface area contributed by atoms with Gasteiger partial charge in [0.25, 0.3) is 5.91 Å². The molecule has 1 unspecified atom stereocenters. The van der Waals surface area contributed by atoms with Gasteiger partial charge in [0.1, 0.15) is 5.82 Å². The minimum atomic E-state index is -0.152. The van der Waals surface area contributed by atoms with Crippen LogP contribution in [0.3, 0.4) is 0 Å². The maximum atomic E-state index is 12.2. The molecule has 1 atom stereocenters. The van der Waals surface area contributed by atoms with E-state index in [0.717, 1.165) is 39.0 Å². The van der Waals surface area contributed by atoms with Crippen LogP contribution in [0.15, 0.2) is 12.3 Å². The number of anilines is 1. The van der Waals surface area contributed by atoms with Crippen molar-refractivity contribution in [1.29, 1.82) is 0 Å². The van der Waals surface area contributed by atoms with Crippen LogP contribution in [0.2, 0.25) is 5.02 Å². The van der Waals surface area contributed by atoms with Gasteiger partial charge >= 0.3 is 0 Å². The van der Waals surface area contributed by atoms with Crippen LogP contribution in [0.1, 0.15) is 36.5 Å². The van der Waals surface area contributed by atoms with E-state index in [0.29, 0.717) is 28.9 Å². The van der Waals surface area contributed by atoms with E-state index in [-0.39, 0.29) is 5.91 Å². The van der Waals surface area contributed by atoms with Crippen molar-refractivity contribution in [2.24, 2.45) is 5.92 Å². The molecule has 0 aliphatic carbocycles. The molecule has 1 saturated heterocycles. The third kappa shape index (κ3) is 4.86. The van der Waals surface area contributed by atoms with Gasteiger partial charge in [-0.2, -0.15) is 0 Å². The van der Waals surface area contributed by atoms with Crippen LogP contribution < -0.4 is 10.6 Å². The second kappa shape index (κ2) is 8.20. The van der Waals surface area contributed by atoms with Crippen LogP contribution in [0.25, 0.3) is 0 Å². The minimum absolute atomic E-state index is 0.152. The molecule has 5 nitrogen and oxygen atoms in total. The highest BCUT2D eigenvalue weighted by Gasteiger charge is 2.16. The molecule has 1 amide bonds. The summed E-state index contributed by atoms with van der Waals surface area (Å²) in [4.78, 5) is 16.3. The predicted molar refractivity (Wildman–Crippen MR) is 83.9 cm³/mol. The second-order valence-corrected chi connectivity index (χ2v) is 5.66. The number of hydrogen-bond acceptors (Lipinski definition) is 4. The van der Waals surface area contributed by atoms with Crippen LogP contribution in [0.4, 0.5) is 5.82 Å². The van der Waals surface area contributed by atoms with Crippen LogP contribution in [-0.2, 0) is 4.74 Å². The molecule has 2 N–H and O–H groups in total. The Hall–Kier alpha value is -1.33. The zero-order chi connectivity index (χ0) is 15.1. The zero-order valence-corrected chi connectivity index (χ0v) is 13.1. The Balaban J connectivity index is 1.87. The molecule has 1 aliphatic heterocycles. The van der Waals surface area contributed by atoms with Crippen molar-refractivity contribution in [1.82, 2.24) is 10.3 Å². The fraction of sp³-hybridized carbons (Fsp3) is 0.600. The lowest BCUT2D eigenvalue weighted by Crippen LogP contribution is -2.26. The van der Waals surface area contributed by atoms with Crippen molar-refractivity contribution in [3.8, 4) is 0 Å². The summed E-state index contributed by atoms with van der Waals surface area (Å²) in [6, 6.07) is 1.70. The number of rotatable bonds is 7. The molecular formula is C15H22ClN3O2. The molecule has 1 aliphatic rings. The van der Waals surface area contributed by atoms with E-state index in [1.807, 2.05) is 0 Å². The molecule has 0 bridgehead atoms. The zero-order valence-electron chi connectivity index (χ0n) is 12.3. The van der Waals surface area contributed by atoms with E-state index >= 15 is 0 Å². The van der Waals surface area contributed by atoms with Gasteiger partial charge in [-0.15, -0.1) is 0 Å². The molecule has 2 rings (SSSR count). The number of nitrogens with zero attached hydrogens (tertiary/aromatic N) is 1. The van der Waals surface area contributed by atoms with Gasteiger partial charge in [0.05, 0.1) is 10.6 Å². The molecule has 0 spiro atoms. The van der Waals surface area contributed by atoms with Gasteiger partial charge in [-0.05, 0) is 31.2 Å². The SMILES string of the molecule is CCCNc1cc(C(=O)NCCC2CCOC2)c(Cl)cn1. The minimum Gasteiger partial charge on any atom is -0.381 e. The summed E-state index contributed by atoms with van der Waals surface area (Å²) in [6.07, 6.45) is 4.53. The van der Waals surface area contributed by atoms with E-state index in [4.69, 9.17) is 16.3 Å². The normalized spacial score (nSPS) is 17.7. The van der Waals surface area contributed by atoms with E-state index in [1.54, 1.807) is 6.07 Å². The Bertz CT molecular complexity index is 476. The first kappa shape index (κ1) is 16.0. The molecule has 116 valence electrons. The van der Waals surface area contributed by atoms with Crippen molar-refractivity contribution in [3.63, 3.8) is 0 Å². The summed E-state index contributed by atoms with van der Waals surface area (Å²) in [7, 11) is 0. The van der Waals surface area contributed by atoms with Crippen molar-refractivity contribution >= 4 is 23.3 Å². The van der Waals surface area contributed by atoms with Crippen LogP contribution in [0, 0.1) is 5.92 Å². The summed E-state index contributed by atoms with van der Waals surface area (Å²) in [6.45, 7) is 5.17. The van der Waals surface area contributed by atoms with Gasteiger partial charge in [-0.25, -0.2) is 4.98 Å². The predicted octanol–water partition coefficient (Wildman–Crippen LogP) is 2.71. The third-order valence-electron chi connectivity index (χ3n) is 3.52. The molecule has 21 heavy (non-hydrogen) atoms. The number of carbonyl (C=O) groups is 1. The number of aromatic nitrogens is 1. The first-order valence-electron chi connectivity index (χ1n) is 7.46. The Morgan fingerprint density at radius 2 is 2.38 bits per heavy atom. The van der Waals surface area contributed by atoms with E-state index in [9.17, 15) is 4.79 Å². The topological polar surface area (TPSA) is 63.2 Å². The Morgan fingerprint density at radius 3 is 3.10 bits per heavy atom. The monoisotopic (exact) mass is 311 g/mol.